The Morgan fingerprint density at radius 1 is 1.50 bits per heavy atom. The van der Waals surface area contributed by atoms with Gasteiger partial charge in [0.05, 0.1) is 16.1 Å². The summed E-state index contributed by atoms with van der Waals surface area (Å²) in [5.41, 5.74) is 0.962. The highest BCUT2D eigenvalue weighted by Gasteiger charge is 2.35. The number of hydrogen-bond donors (Lipinski definition) is 1. The third kappa shape index (κ3) is 2.55. The normalized spacial score (nSPS) is 13.1. The van der Waals surface area contributed by atoms with Gasteiger partial charge in [-0.05, 0) is 17.5 Å². The van der Waals surface area contributed by atoms with E-state index in [1.165, 1.54) is 0 Å². The second-order valence-electron chi connectivity index (χ2n) is 6.27. The molecule has 1 aromatic carbocycles. The summed E-state index contributed by atoms with van der Waals surface area (Å²) in [7, 11) is 0. The number of rotatable bonds is 3. The molecular formula is C16H18ClN3O2. The SMILES string of the molecule is CCc1nc2c(Cl)c(C#N)ccc2n1C(C(=O)O)C(C)(C)C. The molecule has 1 N–H and O–H groups in total. The fourth-order valence-corrected chi connectivity index (χ4v) is 2.91. The van der Waals surface area contributed by atoms with Crippen molar-refractivity contribution in [2.45, 2.75) is 40.2 Å². The molecule has 5 nitrogen and oxygen atoms in total. The number of aryl methyl sites for hydroxylation is 1. The molecule has 1 heterocycles. The van der Waals surface area contributed by atoms with Crippen LogP contribution in [0.3, 0.4) is 0 Å². The van der Waals surface area contributed by atoms with Gasteiger partial charge in [0.25, 0.3) is 0 Å². The first kappa shape index (κ1) is 16.3. The Hall–Kier alpha value is -2.06. The lowest BCUT2D eigenvalue weighted by atomic mass is 9.86. The Morgan fingerprint density at radius 3 is 2.59 bits per heavy atom. The van der Waals surface area contributed by atoms with Crippen LogP contribution in [0.2, 0.25) is 5.02 Å². The van der Waals surface area contributed by atoms with Crippen LogP contribution in [0.15, 0.2) is 12.1 Å². The zero-order valence-electron chi connectivity index (χ0n) is 13.0. The smallest absolute Gasteiger partial charge is 0.327 e. The van der Waals surface area contributed by atoms with Crippen LogP contribution in [0, 0.1) is 16.7 Å². The van der Waals surface area contributed by atoms with Crippen LogP contribution in [0.1, 0.15) is 45.1 Å². The first-order valence-electron chi connectivity index (χ1n) is 7.04. The van der Waals surface area contributed by atoms with Crippen LogP contribution in [-0.2, 0) is 11.2 Å². The third-order valence-corrected chi connectivity index (χ3v) is 4.01. The fourth-order valence-electron chi connectivity index (χ4n) is 2.67. The highest BCUT2D eigenvalue weighted by Crippen LogP contribution is 2.37. The van der Waals surface area contributed by atoms with Crippen LogP contribution in [0.5, 0.6) is 0 Å². The third-order valence-electron chi connectivity index (χ3n) is 3.62. The van der Waals surface area contributed by atoms with E-state index in [0.29, 0.717) is 28.8 Å². The highest BCUT2D eigenvalue weighted by atomic mass is 35.5. The average molecular weight is 320 g/mol. The van der Waals surface area contributed by atoms with Crippen LogP contribution in [0.25, 0.3) is 11.0 Å². The van der Waals surface area contributed by atoms with Crippen molar-refractivity contribution < 1.29 is 9.90 Å². The zero-order valence-corrected chi connectivity index (χ0v) is 13.8. The Morgan fingerprint density at radius 2 is 2.14 bits per heavy atom. The molecule has 6 heteroatoms. The van der Waals surface area contributed by atoms with Crippen molar-refractivity contribution >= 4 is 28.6 Å². The highest BCUT2D eigenvalue weighted by molar-refractivity contribution is 6.36. The predicted molar refractivity (Wildman–Crippen MR) is 85.0 cm³/mol. The molecule has 0 saturated carbocycles. The molecule has 22 heavy (non-hydrogen) atoms. The molecule has 0 saturated heterocycles. The van der Waals surface area contributed by atoms with Crippen LogP contribution in [-0.4, -0.2) is 20.6 Å². The van der Waals surface area contributed by atoms with Gasteiger partial charge in [-0.3, -0.25) is 0 Å². The van der Waals surface area contributed by atoms with E-state index in [4.69, 9.17) is 16.9 Å². The first-order valence-corrected chi connectivity index (χ1v) is 7.42. The summed E-state index contributed by atoms with van der Waals surface area (Å²) in [6.45, 7) is 7.55. The number of carboxylic acids is 1. The maximum absolute atomic E-state index is 11.8. The van der Waals surface area contributed by atoms with Gasteiger partial charge in [0.1, 0.15) is 23.5 Å². The number of imidazole rings is 1. The van der Waals surface area contributed by atoms with Gasteiger partial charge in [-0.1, -0.05) is 39.3 Å². The summed E-state index contributed by atoms with van der Waals surface area (Å²) in [6, 6.07) is 4.57. The first-order chi connectivity index (χ1) is 10.2. The van der Waals surface area contributed by atoms with E-state index < -0.39 is 17.4 Å². The maximum atomic E-state index is 11.8. The Kier molecular flexibility index (Phi) is 4.17. The lowest BCUT2D eigenvalue weighted by molar-refractivity contribution is -0.144. The standard InChI is InChI=1S/C16H18ClN3O2/c1-5-11-19-13-10(7-6-9(8-18)12(13)17)20(11)14(15(21)22)16(2,3)4/h6-7,14H,5H2,1-4H3,(H,21,22). The van der Waals surface area contributed by atoms with Crippen LogP contribution < -0.4 is 0 Å². The Bertz CT molecular complexity index is 781. The van der Waals surface area contributed by atoms with Gasteiger partial charge < -0.3 is 9.67 Å². The minimum Gasteiger partial charge on any atom is -0.480 e. The Balaban J connectivity index is 2.86. The van der Waals surface area contributed by atoms with Gasteiger partial charge in [-0.15, -0.1) is 0 Å². The van der Waals surface area contributed by atoms with Gasteiger partial charge in [0, 0.05) is 6.42 Å². The minimum absolute atomic E-state index is 0.270. The summed E-state index contributed by atoms with van der Waals surface area (Å²) in [6.07, 6.45) is 0.576. The van der Waals surface area contributed by atoms with Crippen LogP contribution in [0.4, 0.5) is 0 Å². The van der Waals surface area contributed by atoms with E-state index in [0.717, 1.165) is 0 Å². The molecule has 0 radical (unpaired) electrons. The van der Waals surface area contributed by atoms with Gasteiger partial charge in [-0.25, -0.2) is 9.78 Å². The van der Waals surface area contributed by atoms with E-state index in [1.54, 1.807) is 16.7 Å². The summed E-state index contributed by atoms with van der Waals surface area (Å²) in [5, 5.41) is 19.0. The van der Waals surface area contributed by atoms with E-state index in [9.17, 15) is 9.90 Å². The second-order valence-corrected chi connectivity index (χ2v) is 6.64. The molecule has 0 fully saturated rings. The molecule has 116 valence electrons. The number of halogens is 1. The molecule has 1 atom stereocenters. The number of aromatic nitrogens is 2. The van der Waals surface area contributed by atoms with E-state index in [-0.39, 0.29) is 5.02 Å². The van der Waals surface area contributed by atoms with Gasteiger partial charge in [0.15, 0.2) is 0 Å². The lowest BCUT2D eigenvalue weighted by Crippen LogP contribution is -2.32. The largest absolute Gasteiger partial charge is 0.480 e. The molecule has 0 aliphatic rings. The van der Waals surface area contributed by atoms with Gasteiger partial charge in [0.2, 0.25) is 0 Å². The lowest BCUT2D eigenvalue weighted by Gasteiger charge is -2.30. The van der Waals surface area contributed by atoms with E-state index in [1.807, 2.05) is 33.8 Å². The van der Waals surface area contributed by atoms with Gasteiger partial charge >= 0.3 is 5.97 Å². The predicted octanol–water partition coefficient (Wildman–Crippen LogP) is 3.80. The molecule has 1 aromatic heterocycles. The summed E-state index contributed by atoms with van der Waals surface area (Å²) in [5.74, 6) is -0.267. The number of fused-ring (bicyclic) bond motifs is 1. The molecule has 2 aromatic rings. The van der Waals surface area contributed by atoms with Crippen molar-refractivity contribution in [2.75, 3.05) is 0 Å². The Labute approximate surface area is 134 Å². The van der Waals surface area contributed by atoms with Gasteiger partial charge in [-0.2, -0.15) is 5.26 Å². The summed E-state index contributed by atoms with van der Waals surface area (Å²) < 4.78 is 1.73. The number of carboxylic acid groups (broad SMARTS) is 1. The van der Waals surface area contributed by atoms with E-state index >= 15 is 0 Å². The van der Waals surface area contributed by atoms with Crippen molar-refractivity contribution in [2.24, 2.45) is 5.41 Å². The van der Waals surface area contributed by atoms with Crippen molar-refractivity contribution in [3.63, 3.8) is 0 Å². The topological polar surface area (TPSA) is 78.9 Å². The molecule has 0 amide bonds. The van der Waals surface area contributed by atoms with E-state index in [2.05, 4.69) is 4.98 Å². The average Bonchev–Trinajstić information content (AvgIpc) is 2.77. The summed E-state index contributed by atoms with van der Waals surface area (Å²) >= 11 is 6.24. The number of benzene rings is 1. The number of carbonyl (C=O) groups is 1. The number of nitriles is 1. The number of nitrogens with zero attached hydrogens (tertiary/aromatic N) is 3. The van der Waals surface area contributed by atoms with Crippen molar-refractivity contribution in [3.8, 4) is 6.07 Å². The molecule has 0 spiro atoms. The fraction of sp³-hybridized carbons (Fsp3) is 0.438. The van der Waals surface area contributed by atoms with Crippen molar-refractivity contribution in [1.29, 1.82) is 5.26 Å². The van der Waals surface area contributed by atoms with Crippen LogP contribution >= 0.6 is 11.6 Å². The quantitative estimate of drug-likeness (QED) is 0.933. The molecule has 1 unspecified atom stereocenters. The summed E-state index contributed by atoms with van der Waals surface area (Å²) in [4.78, 5) is 16.3. The number of hydrogen-bond acceptors (Lipinski definition) is 3. The zero-order chi connectivity index (χ0) is 16.7. The number of aliphatic carboxylic acids is 1. The van der Waals surface area contributed by atoms with Crippen molar-refractivity contribution in [1.82, 2.24) is 9.55 Å². The molecule has 0 aliphatic heterocycles. The van der Waals surface area contributed by atoms with Crippen molar-refractivity contribution in [3.05, 3.63) is 28.5 Å². The molecular weight excluding hydrogens is 302 g/mol. The molecule has 0 bridgehead atoms. The molecule has 0 aliphatic carbocycles. The second kappa shape index (κ2) is 5.62. The molecule has 2 rings (SSSR count). The monoisotopic (exact) mass is 319 g/mol. The maximum Gasteiger partial charge on any atom is 0.327 e. The minimum atomic E-state index is -0.915.